The lowest BCUT2D eigenvalue weighted by atomic mass is 9.95. The molecule has 0 saturated heterocycles. The number of benzene rings is 1. The van der Waals surface area contributed by atoms with Gasteiger partial charge in [-0.1, -0.05) is 12.1 Å². The van der Waals surface area contributed by atoms with Crippen molar-refractivity contribution >= 4 is 18.1 Å². The Labute approximate surface area is 119 Å². The smallest absolute Gasteiger partial charge is 0.412 e. The molecule has 2 rings (SSSR count). The summed E-state index contributed by atoms with van der Waals surface area (Å²) in [6.45, 7) is 7.38. The number of carbonyl (C=O) groups excluding carboxylic acids is 2. The zero-order chi connectivity index (χ0) is 15.0. The van der Waals surface area contributed by atoms with Crippen LogP contribution in [0.1, 0.15) is 44.7 Å². The molecule has 1 aliphatic carbocycles. The van der Waals surface area contributed by atoms with E-state index in [9.17, 15) is 9.59 Å². The minimum absolute atomic E-state index is 0.283. The van der Waals surface area contributed by atoms with E-state index in [1.165, 1.54) is 0 Å². The van der Waals surface area contributed by atoms with E-state index in [4.69, 9.17) is 4.74 Å². The first kappa shape index (κ1) is 14.6. The molecule has 0 aromatic heterocycles. The summed E-state index contributed by atoms with van der Waals surface area (Å²) in [4.78, 5) is 22.9. The highest BCUT2D eigenvalue weighted by molar-refractivity contribution is 5.86. The molecule has 108 valence electrons. The molecule has 1 amide bonds. The second-order valence-corrected chi connectivity index (χ2v) is 6.43. The van der Waals surface area contributed by atoms with E-state index in [0.717, 1.165) is 30.3 Å². The monoisotopic (exact) mass is 275 g/mol. The lowest BCUT2D eigenvalue weighted by Gasteiger charge is -2.20. The Balaban J connectivity index is 2.11. The van der Waals surface area contributed by atoms with E-state index in [1.54, 1.807) is 0 Å². The van der Waals surface area contributed by atoms with Gasteiger partial charge >= 0.3 is 6.09 Å². The Hall–Kier alpha value is -1.84. The maximum atomic E-state index is 11.7. The predicted octanol–water partition coefficient (Wildman–Crippen LogP) is 3.57. The molecule has 1 aromatic rings. The molecule has 0 bridgehead atoms. The van der Waals surface area contributed by atoms with Gasteiger partial charge in [0.2, 0.25) is 0 Å². The van der Waals surface area contributed by atoms with Crippen molar-refractivity contribution in [1.29, 1.82) is 0 Å². The molecule has 0 spiro atoms. The summed E-state index contributed by atoms with van der Waals surface area (Å²) in [5.74, 6) is 0. The van der Waals surface area contributed by atoms with Crippen LogP contribution in [0.2, 0.25) is 0 Å². The summed E-state index contributed by atoms with van der Waals surface area (Å²) in [6, 6.07) is 5.70. The van der Waals surface area contributed by atoms with Crippen LogP contribution in [0.4, 0.5) is 10.5 Å². The number of nitrogens with one attached hydrogen (secondary N) is 1. The topological polar surface area (TPSA) is 55.4 Å². The summed E-state index contributed by atoms with van der Waals surface area (Å²) in [7, 11) is 0. The number of hydrogen-bond acceptors (Lipinski definition) is 3. The van der Waals surface area contributed by atoms with Crippen LogP contribution in [0.5, 0.6) is 0 Å². The Morgan fingerprint density at radius 1 is 1.35 bits per heavy atom. The number of amides is 1. The zero-order valence-electron chi connectivity index (χ0n) is 12.4. The summed E-state index contributed by atoms with van der Waals surface area (Å²) in [5.41, 5.74) is 1.87. The average molecular weight is 275 g/mol. The van der Waals surface area contributed by atoms with E-state index in [0.29, 0.717) is 5.69 Å². The molecule has 1 N–H and O–H groups in total. The van der Waals surface area contributed by atoms with Gasteiger partial charge in [0.15, 0.2) is 0 Å². The Kier molecular flexibility index (Phi) is 3.59. The van der Waals surface area contributed by atoms with Crippen molar-refractivity contribution in [1.82, 2.24) is 0 Å². The van der Waals surface area contributed by atoms with Gasteiger partial charge in [-0.2, -0.15) is 0 Å². The lowest BCUT2D eigenvalue weighted by Crippen LogP contribution is -2.27. The van der Waals surface area contributed by atoms with Crippen molar-refractivity contribution in [3.63, 3.8) is 0 Å². The molecule has 4 heteroatoms. The van der Waals surface area contributed by atoms with E-state index < -0.39 is 11.7 Å². The molecule has 1 fully saturated rings. The van der Waals surface area contributed by atoms with Gasteiger partial charge in [-0.05, 0) is 57.7 Å². The van der Waals surface area contributed by atoms with E-state index in [2.05, 4.69) is 5.32 Å². The Bertz CT molecular complexity index is 539. The van der Waals surface area contributed by atoms with Crippen molar-refractivity contribution < 1.29 is 14.3 Å². The van der Waals surface area contributed by atoms with Crippen molar-refractivity contribution in [2.24, 2.45) is 0 Å². The molecule has 0 heterocycles. The van der Waals surface area contributed by atoms with Crippen LogP contribution >= 0.6 is 0 Å². The largest absolute Gasteiger partial charge is 0.444 e. The van der Waals surface area contributed by atoms with Crippen molar-refractivity contribution in [3.8, 4) is 0 Å². The van der Waals surface area contributed by atoms with Crippen molar-refractivity contribution in [2.45, 2.75) is 51.6 Å². The molecule has 0 radical (unpaired) electrons. The predicted molar refractivity (Wildman–Crippen MR) is 78.0 cm³/mol. The summed E-state index contributed by atoms with van der Waals surface area (Å²) in [6.07, 6.45) is 2.39. The van der Waals surface area contributed by atoms with Gasteiger partial charge < -0.3 is 9.53 Å². The first-order chi connectivity index (χ1) is 9.26. The maximum Gasteiger partial charge on any atom is 0.412 e. The first-order valence-electron chi connectivity index (χ1n) is 6.83. The van der Waals surface area contributed by atoms with Crippen LogP contribution in [-0.2, 0) is 14.9 Å². The van der Waals surface area contributed by atoms with Crippen molar-refractivity contribution in [2.75, 3.05) is 5.32 Å². The van der Waals surface area contributed by atoms with Gasteiger partial charge in [0, 0.05) is 5.69 Å². The fourth-order valence-corrected chi connectivity index (χ4v) is 2.14. The molecular weight excluding hydrogens is 254 g/mol. The summed E-state index contributed by atoms with van der Waals surface area (Å²) < 4.78 is 5.22. The first-order valence-corrected chi connectivity index (χ1v) is 6.83. The second-order valence-electron chi connectivity index (χ2n) is 6.43. The molecule has 1 aromatic carbocycles. The van der Waals surface area contributed by atoms with E-state index in [1.807, 2.05) is 45.9 Å². The third-order valence-corrected chi connectivity index (χ3v) is 3.45. The van der Waals surface area contributed by atoms with Gasteiger partial charge in [0.1, 0.15) is 11.9 Å². The number of aryl methyl sites for hydroxylation is 1. The zero-order valence-corrected chi connectivity index (χ0v) is 12.4. The van der Waals surface area contributed by atoms with Crippen LogP contribution in [0.25, 0.3) is 0 Å². The number of rotatable bonds is 3. The lowest BCUT2D eigenvalue weighted by molar-refractivity contribution is -0.109. The number of ether oxygens (including phenoxy) is 1. The van der Waals surface area contributed by atoms with Crippen LogP contribution in [0.3, 0.4) is 0 Å². The van der Waals surface area contributed by atoms with Gasteiger partial charge in [-0.3, -0.25) is 5.32 Å². The number of anilines is 1. The molecular formula is C16H21NO3. The fraction of sp³-hybridized carbons (Fsp3) is 0.500. The van der Waals surface area contributed by atoms with Gasteiger partial charge in [0.05, 0.1) is 5.41 Å². The minimum atomic E-state index is -0.520. The molecule has 1 saturated carbocycles. The average Bonchev–Trinajstić information content (AvgIpc) is 3.10. The quantitative estimate of drug-likeness (QED) is 0.858. The van der Waals surface area contributed by atoms with Crippen LogP contribution < -0.4 is 5.32 Å². The molecule has 20 heavy (non-hydrogen) atoms. The third kappa shape index (κ3) is 3.18. The highest BCUT2D eigenvalue weighted by Crippen LogP contribution is 2.46. The number of hydrogen-bond donors (Lipinski definition) is 1. The molecule has 1 aliphatic rings. The van der Waals surface area contributed by atoms with Crippen LogP contribution in [-0.4, -0.2) is 18.0 Å². The highest BCUT2D eigenvalue weighted by atomic mass is 16.6. The highest BCUT2D eigenvalue weighted by Gasteiger charge is 2.44. The standard InChI is InChI=1S/C16H21NO3/c1-11-9-12(16(10-18)7-8-16)5-6-13(11)17-14(19)20-15(2,3)4/h5-6,9-10H,7-8H2,1-4H3,(H,17,19). The molecule has 4 nitrogen and oxygen atoms in total. The van der Waals surface area contributed by atoms with Gasteiger partial charge in [-0.15, -0.1) is 0 Å². The second kappa shape index (κ2) is 4.93. The molecule has 0 aliphatic heterocycles. The van der Waals surface area contributed by atoms with E-state index in [-0.39, 0.29) is 5.41 Å². The Morgan fingerprint density at radius 3 is 2.45 bits per heavy atom. The van der Waals surface area contributed by atoms with Gasteiger partial charge in [0.25, 0.3) is 0 Å². The van der Waals surface area contributed by atoms with Gasteiger partial charge in [-0.25, -0.2) is 4.79 Å². The van der Waals surface area contributed by atoms with E-state index >= 15 is 0 Å². The van der Waals surface area contributed by atoms with Crippen molar-refractivity contribution in [3.05, 3.63) is 29.3 Å². The minimum Gasteiger partial charge on any atom is -0.444 e. The molecule has 0 unspecified atom stereocenters. The maximum absolute atomic E-state index is 11.7. The summed E-state index contributed by atoms with van der Waals surface area (Å²) in [5, 5.41) is 2.73. The van der Waals surface area contributed by atoms with Crippen LogP contribution in [0.15, 0.2) is 18.2 Å². The summed E-state index contributed by atoms with van der Waals surface area (Å²) >= 11 is 0. The SMILES string of the molecule is Cc1cc(C2(C=O)CC2)ccc1NC(=O)OC(C)(C)C. The Morgan fingerprint density at radius 2 is 2.00 bits per heavy atom. The van der Waals surface area contributed by atoms with Crippen LogP contribution in [0, 0.1) is 6.92 Å². The number of aldehydes is 1. The third-order valence-electron chi connectivity index (χ3n) is 3.45. The molecule has 0 atom stereocenters. The fourth-order valence-electron chi connectivity index (χ4n) is 2.14. The number of carbonyl (C=O) groups is 2. The normalized spacial score (nSPS) is 16.4.